The minimum Gasteiger partial charge on any atom is -0.449 e. The monoisotopic (exact) mass is 492 g/mol. The van der Waals surface area contributed by atoms with Gasteiger partial charge in [0.2, 0.25) is 10.0 Å². The van der Waals surface area contributed by atoms with Crippen LogP contribution < -0.4 is 5.32 Å². The van der Waals surface area contributed by atoms with Crippen LogP contribution in [0.5, 0.6) is 0 Å². The van der Waals surface area contributed by atoms with Gasteiger partial charge in [0, 0.05) is 13.1 Å². The molecule has 1 aliphatic carbocycles. The molecule has 1 amide bonds. The molecule has 3 rings (SSSR count). The van der Waals surface area contributed by atoms with Crippen LogP contribution in [0.15, 0.2) is 47.4 Å². The van der Waals surface area contributed by atoms with Crippen LogP contribution in [0.25, 0.3) is 0 Å². The minimum atomic E-state index is -3.78. The first-order valence-corrected chi connectivity index (χ1v) is 12.9. The van der Waals surface area contributed by atoms with Crippen LogP contribution in [-0.4, -0.2) is 43.8 Å². The fourth-order valence-electron chi connectivity index (χ4n) is 4.00. The topological polar surface area (TPSA) is 92.8 Å². The van der Waals surface area contributed by atoms with Gasteiger partial charge in [-0.05, 0) is 55.5 Å². The Morgan fingerprint density at radius 1 is 1.18 bits per heavy atom. The molecule has 1 N–H and O–H groups in total. The van der Waals surface area contributed by atoms with E-state index in [9.17, 15) is 18.0 Å². The van der Waals surface area contributed by atoms with E-state index in [0.29, 0.717) is 13.1 Å². The predicted molar refractivity (Wildman–Crippen MR) is 127 cm³/mol. The van der Waals surface area contributed by atoms with E-state index in [-0.39, 0.29) is 21.5 Å². The summed E-state index contributed by atoms with van der Waals surface area (Å²) >= 11 is 6.15. The third-order valence-corrected chi connectivity index (χ3v) is 8.22. The maximum absolute atomic E-state index is 12.8. The zero-order valence-corrected chi connectivity index (χ0v) is 20.6. The van der Waals surface area contributed by atoms with Crippen molar-refractivity contribution in [2.75, 3.05) is 13.1 Å². The molecule has 0 aromatic heterocycles. The second-order valence-corrected chi connectivity index (χ2v) is 10.3. The Bertz CT molecular complexity index is 1130. The number of nitrogens with zero attached hydrogens (tertiary/aromatic N) is 1. The Morgan fingerprint density at radius 2 is 1.88 bits per heavy atom. The largest absolute Gasteiger partial charge is 0.449 e. The van der Waals surface area contributed by atoms with Gasteiger partial charge in [-0.3, -0.25) is 4.79 Å². The van der Waals surface area contributed by atoms with Crippen molar-refractivity contribution in [2.24, 2.45) is 0 Å². The first-order chi connectivity index (χ1) is 15.7. The maximum Gasteiger partial charge on any atom is 0.340 e. The van der Waals surface area contributed by atoms with E-state index in [4.69, 9.17) is 16.3 Å². The number of rotatable bonds is 8. The van der Waals surface area contributed by atoms with E-state index in [1.165, 1.54) is 35.0 Å². The number of hydrogen-bond donors (Lipinski definition) is 1. The summed E-state index contributed by atoms with van der Waals surface area (Å²) in [7, 11) is -3.78. The molecule has 33 heavy (non-hydrogen) atoms. The fourth-order valence-corrected chi connectivity index (χ4v) is 5.68. The highest BCUT2D eigenvalue weighted by molar-refractivity contribution is 7.89. The predicted octanol–water partition coefficient (Wildman–Crippen LogP) is 4.11. The Balaban J connectivity index is 1.73. The molecule has 0 saturated carbocycles. The van der Waals surface area contributed by atoms with Gasteiger partial charge in [0.1, 0.15) is 0 Å². The maximum atomic E-state index is 12.8. The molecule has 0 spiro atoms. The van der Waals surface area contributed by atoms with Gasteiger partial charge in [-0.15, -0.1) is 0 Å². The van der Waals surface area contributed by atoms with Crippen molar-refractivity contribution in [3.63, 3.8) is 0 Å². The van der Waals surface area contributed by atoms with Crippen molar-refractivity contribution in [3.8, 4) is 0 Å². The van der Waals surface area contributed by atoms with Gasteiger partial charge < -0.3 is 10.1 Å². The summed E-state index contributed by atoms with van der Waals surface area (Å²) in [6.45, 7) is 5.53. The van der Waals surface area contributed by atoms with Crippen LogP contribution in [0.3, 0.4) is 0 Å². The van der Waals surface area contributed by atoms with Crippen LogP contribution in [0, 0.1) is 0 Å². The first-order valence-electron chi connectivity index (χ1n) is 11.1. The molecule has 178 valence electrons. The van der Waals surface area contributed by atoms with Crippen LogP contribution in [-0.2, 0) is 26.0 Å². The molecule has 2 unspecified atom stereocenters. The van der Waals surface area contributed by atoms with Crippen molar-refractivity contribution in [2.45, 2.75) is 57.1 Å². The molecule has 0 saturated heterocycles. The average Bonchev–Trinajstić information content (AvgIpc) is 2.80. The van der Waals surface area contributed by atoms with Gasteiger partial charge >= 0.3 is 5.97 Å². The van der Waals surface area contributed by atoms with Crippen LogP contribution in [0.2, 0.25) is 5.02 Å². The molecule has 0 radical (unpaired) electrons. The highest BCUT2D eigenvalue weighted by Gasteiger charge is 2.28. The SMILES string of the molecule is CCN(CC)S(=O)(=O)c1ccc(Cl)c(C(=O)OC(C)C(=O)NC2CCCc3ccccc32)c1. The molecule has 0 fully saturated rings. The molecule has 0 heterocycles. The normalized spacial score (nSPS) is 16.7. The first kappa shape index (κ1) is 25.2. The summed E-state index contributed by atoms with van der Waals surface area (Å²) in [5.41, 5.74) is 2.18. The highest BCUT2D eigenvalue weighted by atomic mass is 35.5. The van der Waals surface area contributed by atoms with Gasteiger partial charge in [0.05, 0.1) is 21.5 Å². The lowest BCUT2D eigenvalue weighted by Crippen LogP contribution is -2.39. The molecule has 0 aliphatic heterocycles. The van der Waals surface area contributed by atoms with Gasteiger partial charge in [-0.1, -0.05) is 49.7 Å². The number of carbonyl (C=O) groups excluding carboxylic acids is 2. The third-order valence-electron chi connectivity index (χ3n) is 5.84. The number of nitrogens with one attached hydrogen (secondary N) is 1. The number of carbonyl (C=O) groups is 2. The van der Waals surface area contributed by atoms with Crippen LogP contribution in [0.1, 0.15) is 61.1 Å². The molecule has 7 nitrogen and oxygen atoms in total. The summed E-state index contributed by atoms with van der Waals surface area (Å²) < 4.78 is 32.2. The summed E-state index contributed by atoms with van der Waals surface area (Å²) in [4.78, 5) is 25.4. The van der Waals surface area contributed by atoms with Crippen molar-refractivity contribution in [1.82, 2.24) is 9.62 Å². The number of fused-ring (bicyclic) bond motifs is 1. The molecular formula is C24H29ClN2O5S. The van der Waals surface area contributed by atoms with Crippen molar-refractivity contribution < 1.29 is 22.7 Å². The smallest absolute Gasteiger partial charge is 0.340 e. The lowest BCUT2D eigenvalue weighted by Gasteiger charge is -2.27. The molecule has 9 heteroatoms. The van der Waals surface area contributed by atoms with Crippen molar-refractivity contribution in [3.05, 3.63) is 64.2 Å². The standard InChI is InChI=1S/C24H29ClN2O5S/c1-4-27(5-2)33(30,31)18-13-14-21(25)20(15-18)24(29)32-16(3)23(28)26-22-12-8-10-17-9-6-7-11-19(17)22/h6-7,9,11,13-16,22H,4-5,8,10,12H2,1-3H3,(H,26,28). The van der Waals surface area contributed by atoms with Crippen LogP contribution >= 0.6 is 11.6 Å². The van der Waals surface area contributed by atoms with E-state index in [0.717, 1.165) is 24.8 Å². The lowest BCUT2D eigenvalue weighted by atomic mass is 9.87. The van der Waals surface area contributed by atoms with Gasteiger partial charge in [0.15, 0.2) is 6.10 Å². The quantitative estimate of drug-likeness (QED) is 0.560. The number of halogens is 1. The van der Waals surface area contributed by atoms with Crippen LogP contribution in [0.4, 0.5) is 0 Å². The van der Waals surface area contributed by atoms with Gasteiger partial charge in [-0.25, -0.2) is 13.2 Å². The molecular weight excluding hydrogens is 464 g/mol. The number of esters is 1. The number of amides is 1. The van der Waals surface area contributed by atoms with E-state index >= 15 is 0 Å². The Labute approximate surface area is 200 Å². The number of hydrogen-bond acceptors (Lipinski definition) is 5. The summed E-state index contributed by atoms with van der Waals surface area (Å²) in [6, 6.07) is 11.7. The molecule has 2 atom stereocenters. The van der Waals surface area contributed by atoms with Gasteiger partial charge in [-0.2, -0.15) is 4.31 Å². The molecule has 2 aromatic rings. The highest BCUT2D eigenvalue weighted by Crippen LogP contribution is 2.29. The summed E-state index contributed by atoms with van der Waals surface area (Å²) in [6.07, 6.45) is 1.66. The third kappa shape index (κ3) is 5.57. The van der Waals surface area contributed by atoms with E-state index < -0.39 is 28.0 Å². The lowest BCUT2D eigenvalue weighted by molar-refractivity contribution is -0.130. The Morgan fingerprint density at radius 3 is 2.58 bits per heavy atom. The number of aryl methyl sites for hydroxylation is 1. The van der Waals surface area contributed by atoms with Crippen molar-refractivity contribution >= 4 is 33.5 Å². The van der Waals surface area contributed by atoms with Gasteiger partial charge in [0.25, 0.3) is 5.91 Å². The Hall–Kier alpha value is -2.42. The van der Waals surface area contributed by atoms with E-state index in [1.807, 2.05) is 18.2 Å². The van der Waals surface area contributed by atoms with E-state index in [1.54, 1.807) is 13.8 Å². The molecule has 2 aromatic carbocycles. The minimum absolute atomic E-state index is 0.0484. The van der Waals surface area contributed by atoms with E-state index in [2.05, 4.69) is 11.4 Å². The number of benzene rings is 2. The number of ether oxygens (including phenoxy) is 1. The summed E-state index contributed by atoms with van der Waals surface area (Å²) in [5.74, 6) is -1.28. The fraction of sp³-hybridized carbons (Fsp3) is 0.417. The molecule has 0 bridgehead atoms. The van der Waals surface area contributed by atoms with Crippen molar-refractivity contribution in [1.29, 1.82) is 0 Å². The zero-order valence-electron chi connectivity index (χ0n) is 19.0. The molecule has 1 aliphatic rings. The second-order valence-electron chi connectivity index (χ2n) is 7.93. The second kappa shape index (κ2) is 10.7. The number of sulfonamides is 1. The zero-order chi connectivity index (χ0) is 24.2. The average molecular weight is 493 g/mol. The Kier molecular flexibility index (Phi) is 8.15. The summed E-state index contributed by atoms with van der Waals surface area (Å²) in [5, 5.41) is 3.01.